The van der Waals surface area contributed by atoms with Gasteiger partial charge in [0.05, 0.1) is 11.5 Å². The number of nitriles is 1. The summed E-state index contributed by atoms with van der Waals surface area (Å²) in [5.41, 5.74) is 7.43. The van der Waals surface area contributed by atoms with Crippen LogP contribution in [-0.4, -0.2) is 13.6 Å². The predicted octanol–water partition coefficient (Wildman–Crippen LogP) is 3.03. The smallest absolute Gasteiger partial charge is 0.0683 e. The van der Waals surface area contributed by atoms with Crippen molar-refractivity contribution >= 4 is 11.4 Å². The number of nitrogens with two attached hydrogens (primary N) is 1. The van der Waals surface area contributed by atoms with Gasteiger partial charge in [0, 0.05) is 25.0 Å². The standard InChI is InChI=1S/C14H21N3/c1-14(2,11-15)8-5-9-17(3)13-7-4-6-12(16)10-13/h4,6-7,10H,5,8-9,16H2,1-3H3. The number of hydrogen-bond acceptors (Lipinski definition) is 3. The Kier molecular flexibility index (Phi) is 4.39. The van der Waals surface area contributed by atoms with Gasteiger partial charge >= 0.3 is 0 Å². The van der Waals surface area contributed by atoms with Crippen LogP contribution in [0.3, 0.4) is 0 Å². The van der Waals surface area contributed by atoms with Gasteiger partial charge in [0.2, 0.25) is 0 Å². The van der Waals surface area contributed by atoms with E-state index in [1.807, 2.05) is 45.2 Å². The summed E-state index contributed by atoms with van der Waals surface area (Å²) >= 11 is 0. The van der Waals surface area contributed by atoms with E-state index in [1.165, 1.54) is 0 Å². The van der Waals surface area contributed by atoms with Crippen molar-refractivity contribution in [2.75, 3.05) is 24.2 Å². The fraction of sp³-hybridized carbons (Fsp3) is 0.500. The molecule has 0 bridgehead atoms. The molecule has 92 valence electrons. The van der Waals surface area contributed by atoms with Gasteiger partial charge in [-0.25, -0.2) is 0 Å². The van der Waals surface area contributed by atoms with Crippen LogP contribution in [-0.2, 0) is 0 Å². The van der Waals surface area contributed by atoms with Crippen LogP contribution in [0.2, 0.25) is 0 Å². The minimum Gasteiger partial charge on any atom is -0.399 e. The minimum absolute atomic E-state index is 0.226. The topological polar surface area (TPSA) is 53.0 Å². The molecule has 0 amide bonds. The van der Waals surface area contributed by atoms with Gasteiger partial charge in [0.1, 0.15) is 0 Å². The molecule has 1 rings (SSSR count). The second-order valence-electron chi connectivity index (χ2n) is 5.12. The summed E-state index contributed by atoms with van der Waals surface area (Å²) in [7, 11) is 2.05. The highest BCUT2D eigenvalue weighted by Gasteiger charge is 2.16. The minimum atomic E-state index is -0.226. The van der Waals surface area contributed by atoms with Gasteiger partial charge in [-0.2, -0.15) is 5.26 Å². The first-order chi connectivity index (χ1) is 7.94. The molecule has 0 unspecified atom stereocenters. The van der Waals surface area contributed by atoms with Crippen LogP contribution in [0, 0.1) is 16.7 Å². The molecule has 0 spiro atoms. The lowest BCUT2D eigenvalue weighted by atomic mass is 9.90. The number of anilines is 2. The van der Waals surface area contributed by atoms with Crippen LogP contribution >= 0.6 is 0 Å². The first kappa shape index (κ1) is 13.4. The van der Waals surface area contributed by atoms with Crippen molar-refractivity contribution in [1.82, 2.24) is 0 Å². The second kappa shape index (κ2) is 5.58. The molecule has 3 heteroatoms. The zero-order valence-electron chi connectivity index (χ0n) is 10.9. The Bertz CT molecular complexity index is 404. The molecule has 2 N–H and O–H groups in total. The monoisotopic (exact) mass is 231 g/mol. The van der Waals surface area contributed by atoms with Gasteiger partial charge in [0.15, 0.2) is 0 Å². The Balaban J connectivity index is 2.46. The molecule has 3 nitrogen and oxygen atoms in total. The highest BCUT2D eigenvalue weighted by molar-refractivity contribution is 5.55. The van der Waals surface area contributed by atoms with E-state index in [9.17, 15) is 0 Å². The molecule has 0 saturated heterocycles. The molecule has 0 saturated carbocycles. The van der Waals surface area contributed by atoms with E-state index in [-0.39, 0.29) is 5.41 Å². The first-order valence-electron chi connectivity index (χ1n) is 5.92. The fourth-order valence-corrected chi connectivity index (χ4v) is 1.71. The van der Waals surface area contributed by atoms with Crippen molar-refractivity contribution < 1.29 is 0 Å². The van der Waals surface area contributed by atoms with E-state index in [0.717, 1.165) is 30.8 Å². The molecule has 0 radical (unpaired) electrons. The Hall–Kier alpha value is -1.69. The van der Waals surface area contributed by atoms with Crippen LogP contribution in [0.4, 0.5) is 11.4 Å². The highest BCUT2D eigenvalue weighted by atomic mass is 15.1. The molecule has 17 heavy (non-hydrogen) atoms. The van der Waals surface area contributed by atoms with Gasteiger partial charge < -0.3 is 10.6 Å². The molecule has 0 aliphatic carbocycles. The van der Waals surface area contributed by atoms with Gasteiger partial charge in [-0.05, 0) is 44.9 Å². The second-order valence-corrected chi connectivity index (χ2v) is 5.12. The predicted molar refractivity (Wildman–Crippen MR) is 72.8 cm³/mol. The number of hydrogen-bond donors (Lipinski definition) is 1. The lowest BCUT2D eigenvalue weighted by Gasteiger charge is -2.22. The van der Waals surface area contributed by atoms with Gasteiger partial charge in [-0.3, -0.25) is 0 Å². The molecule has 0 aromatic heterocycles. The third-order valence-electron chi connectivity index (χ3n) is 2.91. The zero-order chi connectivity index (χ0) is 12.9. The molecule has 1 aromatic rings. The van der Waals surface area contributed by atoms with Gasteiger partial charge in [-0.15, -0.1) is 0 Å². The Labute approximate surface area is 104 Å². The van der Waals surface area contributed by atoms with Crippen molar-refractivity contribution in [2.45, 2.75) is 26.7 Å². The summed E-state index contributed by atoms with van der Waals surface area (Å²) in [5, 5.41) is 8.93. The number of rotatable bonds is 5. The van der Waals surface area contributed by atoms with E-state index in [2.05, 4.69) is 11.0 Å². The van der Waals surface area contributed by atoms with Crippen molar-refractivity contribution in [1.29, 1.82) is 5.26 Å². The summed E-state index contributed by atoms with van der Waals surface area (Å²) < 4.78 is 0. The number of nitrogen functional groups attached to an aromatic ring is 1. The van der Waals surface area contributed by atoms with Crippen LogP contribution in [0.25, 0.3) is 0 Å². The number of nitrogens with zero attached hydrogens (tertiary/aromatic N) is 2. The average molecular weight is 231 g/mol. The van der Waals surface area contributed by atoms with Crippen molar-refractivity contribution in [3.05, 3.63) is 24.3 Å². The third-order valence-corrected chi connectivity index (χ3v) is 2.91. The first-order valence-corrected chi connectivity index (χ1v) is 5.92. The molecule has 0 heterocycles. The highest BCUT2D eigenvalue weighted by Crippen LogP contribution is 2.22. The summed E-state index contributed by atoms with van der Waals surface area (Å²) in [6.07, 6.45) is 1.92. The van der Waals surface area contributed by atoms with E-state index >= 15 is 0 Å². The zero-order valence-corrected chi connectivity index (χ0v) is 10.9. The largest absolute Gasteiger partial charge is 0.399 e. The summed E-state index contributed by atoms with van der Waals surface area (Å²) in [5.74, 6) is 0. The third kappa shape index (κ3) is 4.36. The molecular weight excluding hydrogens is 210 g/mol. The van der Waals surface area contributed by atoms with E-state index in [4.69, 9.17) is 11.0 Å². The summed E-state index contributed by atoms with van der Waals surface area (Å²) in [6, 6.07) is 10.2. The van der Waals surface area contributed by atoms with E-state index in [0.29, 0.717) is 0 Å². The van der Waals surface area contributed by atoms with Crippen LogP contribution < -0.4 is 10.6 Å². The van der Waals surface area contributed by atoms with Gasteiger partial charge in [-0.1, -0.05) is 6.07 Å². The van der Waals surface area contributed by atoms with Crippen molar-refractivity contribution in [3.8, 4) is 6.07 Å². The Morgan fingerprint density at radius 1 is 1.41 bits per heavy atom. The fourth-order valence-electron chi connectivity index (χ4n) is 1.71. The Morgan fingerprint density at radius 2 is 2.12 bits per heavy atom. The van der Waals surface area contributed by atoms with Crippen LogP contribution in [0.15, 0.2) is 24.3 Å². The molecule has 0 aliphatic rings. The molecule has 0 atom stereocenters. The molecule has 1 aromatic carbocycles. The summed E-state index contributed by atoms with van der Waals surface area (Å²) in [4.78, 5) is 2.17. The van der Waals surface area contributed by atoms with E-state index < -0.39 is 0 Å². The lowest BCUT2D eigenvalue weighted by Crippen LogP contribution is -2.20. The quantitative estimate of drug-likeness (QED) is 0.792. The lowest BCUT2D eigenvalue weighted by molar-refractivity contribution is 0.436. The maximum atomic E-state index is 8.93. The van der Waals surface area contributed by atoms with Gasteiger partial charge in [0.25, 0.3) is 0 Å². The van der Waals surface area contributed by atoms with Crippen LogP contribution in [0.1, 0.15) is 26.7 Å². The molecule has 0 aliphatic heterocycles. The van der Waals surface area contributed by atoms with Crippen molar-refractivity contribution in [3.63, 3.8) is 0 Å². The average Bonchev–Trinajstić information content (AvgIpc) is 2.28. The molecular formula is C14H21N3. The normalized spacial score (nSPS) is 10.9. The SMILES string of the molecule is CN(CCCC(C)(C)C#N)c1cccc(N)c1. The van der Waals surface area contributed by atoms with Crippen LogP contribution in [0.5, 0.6) is 0 Å². The van der Waals surface area contributed by atoms with E-state index in [1.54, 1.807) is 0 Å². The maximum Gasteiger partial charge on any atom is 0.0683 e. The number of benzene rings is 1. The summed E-state index contributed by atoms with van der Waals surface area (Å²) in [6.45, 7) is 4.90. The van der Waals surface area contributed by atoms with Crippen molar-refractivity contribution in [2.24, 2.45) is 5.41 Å². The molecule has 0 fully saturated rings. The Morgan fingerprint density at radius 3 is 2.71 bits per heavy atom. The maximum absolute atomic E-state index is 8.93.